The Morgan fingerprint density at radius 3 is 2.68 bits per heavy atom. The maximum absolute atomic E-state index is 12.6. The summed E-state index contributed by atoms with van der Waals surface area (Å²) in [5.41, 5.74) is 3.46. The van der Waals surface area contributed by atoms with Crippen LogP contribution in [0.3, 0.4) is 0 Å². The van der Waals surface area contributed by atoms with Crippen LogP contribution in [0, 0.1) is 0 Å². The van der Waals surface area contributed by atoms with Gasteiger partial charge in [-0.25, -0.2) is 4.98 Å². The van der Waals surface area contributed by atoms with E-state index in [1.807, 2.05) is 42.5 Å². The van der Waals surface area contributed by atoms with Crippen molar-refractivity contribution in [3.05, 3.63) is 66.7 Å². The molecule has 1 aromatic heterocycles. The summed E-state index contributed by atoms with van der Waals surface area (Å²) in [5.74, 6) is 0.500. The molecule has 28 heavy (non-hydrogen) atoms. The molecule has 6 heteroatoms. The summed E-state index contributed by atoms with van der Waals surface area (Å²) in [6, 6.07) is 15.3. The highest BCUT2D eigenvalue weighted by Crippen LogP contribution is 2.26. The molecule has 1 amide bonds. The van der Waals surface area contributed by atoms with E-state index in [0.717, 1.165) is 34.8 Å². The number of thioether (sulfide) groups is 1. The van der Waals surface area contributed by atoms with Gasteiger partial charge in [0.15, 0.2) is 10.9 Å². The van der Waals surface area contributed by atoms with Gasteiger partial charge in [0.1, 0.15) is 0 Å². The third kappa shape index (κ3) is 3.60. The molecule has 1 aliphatic heterocycles. The van der Waals surface area contributed by atoms with Gasteiger partial charge in [-0.2, -0.15) is 0 Å². The van der Waals surface area contributed by atoms with E-state index in [1.165, 1.54) is 11.8 Å². The molecule has 1 saturated heterocycles. The Morgan fingerprint density at radius 2 is 1.96 bits per heavy atom. The monoisotopic (exact) mass is 391 g/mol. The Bertz CT molecular complexity index is 1040. The van der Waals surface area contributed by atoms with E-state index in [2.05, 4.69) is 16.1 Å². The first kappa shape index (κ1) is 18.5. The average molecular weight is 391 g/mol. The lowest BCUT2D eigenvalue weighted by molar-refractivity contribution is -0.117. The highest BCUT2D eigenvalue weighted by molar-refractivity contribution is 7.99. The van der Waals surface area contributed by atoms with Crippen LogP contribution in [0.1, 0.15) is 23.2 Å². The van der Waals surface area contributed by atoms with Gasteiger partial charge in [-0.1, -0.05) is 30.0 Å². The van der Waals surface area contributed by atoms with E-state index in [4.69, 9.17) is 0 Å². The lowest BCUT2D eigenvalue weighted by Crippen LogP contribution is -2.23. The summed E-state index contributed by atoms with van der Waals surface area (Å²) >= 11 is 1.44. The molecular weight excluding hydrogens is 370 g/mol. The number of nitrogens with zero attached hydrogens (tertiary/aromatic N) is 3. The number of allylic oxidation sites excluding steroid dienone is 1. The molecular formula is C22H21N3O2S. The molecule has 142 valence electrons. The second-order valence-electron chi connectivity index (χ2n) is 6.69. The van der Waals surface area contributed by atoms with Gasteiger partial charge in [-0.3, -0.25) is 9.59 Å². The van der Waals surface area contributed by atoms with Crippen LogP contribution in [0.5, 0.6) is 0 Å². The SMILES string of the molecule is C=CCn1c(SCC(=O)c2ccc(N3CCCC3=O)cc2)nc2ccccc21. The van der Waals surface area contributed by atoms with Crippen LogP contribution in [0.2, 0.25) is 0 Å². The molecule has 0 spiro atoms. The van der Waals surface area contributed by atoms with Crippen molar-refractivity contribution in [2.45, 2.75) is 24.5 Å². The lowest BCUT2D eigenvalue weighted by atomic mass is 10.1. The highest BCUT2D eigenvalue weighted by atomic mass is 32.2. The van der Waals surface area contributed by atoms with Crippen molar-refractivity contribution >= 4 is 40.2 Å². The number of hydrogen-bond donors (Lipinski definition) is 0. The number of hydrogen-bond acceptors (Lipinski definition) is 4. The molecule has 0 radical (unpaired) electrons. The number of Topliss-reactive ketones (excluding diaryl/α,β-unsaturated/α-hetero) is 1. The fraction of sp³-hybridized carbons (Fsp3) is 0.227. The van der Waals surface area contributed by atoms with E-state index >= 15 is 0 Å². The van der Waals surface area contributed by atoms with Gasteiger partial charge in [-0.15, -0.1) is 6.58 Å². The first-order valence-corrected chi connectivity index (χ1v) is 10.3. The summed E-state index contributed by atoms with van der Waals surface area (Å²) in [6.07, 6.45) is 3.32. The van der Waals surface area contributed by atoms with Gasteiger partial charge >= 0.3 is 0 Å². The molecule has 2 aromatic carbocycles. The third-order valence-corrected chi connectivity index (χ3v) is 5.81. The number of para-hydroxylation sites is 2. The summed E-state index contributed by atoms with van der Waals surface area (Å²) in [5, 5.41) is 0.814. The van der Waals surface area contributed by atoms with Crippen LogP contribution < -0.4 is 4.90 Å². The number of rotatable bonds is 7. The summed E-state index contributed by atoms with van der Waals surface area (Å²) in [7, 11) is 0. The van der Waals surface area contributed by atoms with Crippen molar-refractivity contribution in [2.24, 2.45) is 0 Å². The van der Waals surface area contributed by atoms with E-state index in [-0.39, 0.29) is 11.7 Å². The van der Waals surface area contributed by atoms with Gasteiger partial charge in [0.05, 0.1) is 16.8 Å². The van der Waals surface area contributed by atoms with Crippen molar-refractivity contribution in [3.8, 4) is 0 Å². The quantitative estimate of drug-likeness (QED) is 0.342. The van der Waals surface area contributed by atoms with Crippen molar-refractivity contribution in [3.63, 3.8) is 0 Å². The van der Waals surface area contributed by atoms with Crippen molar-refractivity contribution in [2.75, 3.05) is 17.2 Å². The molecule has 1 fully saturated rings. The number of imidazole rings is 1. The first-order valence-electron chi connectivity index (χ1n) is 9.30. The normalized spacial score (nSPS) is 14.0. The number of benzene rings is 2. The second-order valence-corrected chi connectivity index (χ2v) is 7.63. The molecule has 4 rings (SSSR count). The first-order chi connectivity index (χ1) is 13.7. The van der Waals surface area contributed by atoms with Gasteiger partial charge in [0.2, 0.25) is 5.91 Å². The number of ketones is 1. The minimum Gasteiger partial charge on any atom is -0.315 e. The number of carbonyl (C=O) groups excluding carboxylic acids is 2. The maximum atomic E-state index is 12.6. The number of amides is 1. The van der Waals surface area contributed by atoms with Crippen LogP contribution in [0.25, 0.3) is 11.0 Å². The van der Waals surface area contributed by atoms with Crippen LogP contribution in [-0.2, 0) is 11.3 Å². The second kappa shape index (κ2) is 8.02. The molecule has 1 aliphatic rings. The molecule has 2 heterocycles. The zero-order chi connectivity index (χ0) is 19.5. The van der Waals surface area contributed by atoms with Crippen LogP contribution in [0.4, 0.5) is 5.69 Å². The Labute approximate surface area is 168 Å². The Morgan fingerprint density at radius 1 is 1.18 bits per heavy atom. The van der Waals surface area contributed by atoms with Crippen molar-refractivity contribution < 1.29 is 9.59 Å². The predicted molar refractivity (Wildman–Crippen MR) is 113 cm³/mol. The van der Waals surface area contributed by atoms with Gasteiger partial charge in [0.25, 0.3) is 0 Å². The van der Waals surface area contributed by atoms with E-state index in [0.29, 0.717) is 24.3 Å². The Balaban J connectivity index is 1.47. The maximum Gasteiger partial charge on any atom is 0.227 e. The molecule has 3 aromatic rings. The number of carbonyl (C=O) groups is 2. The van der Waals surface area contributed by atoms with Gasteiger partial charge in [0, 0.05) is 30.8 Å². The summed E-state index contributed by atoms with van der Waals surface area (Å²) in [4.78, 5) is 30.9. The molecule has 5 nitrogen and oxygen atoms in total. The van der Waals surface area contributed by atoms with Crippen LogP contribution >= 0.6 is 11.8 Å². The topological polar surface area (TPSA) is 55.2 Å². The summed E-state index contributed by atoms with van der Waals surface area (Å²) in [6.45, 7) is 5.22. The number of fused-ring (bicyclic) bond motifs is 1. The molecule has 0 atom stereocenters. The minimum atomic E-state index is 0.0431. The number of aromatic nitrogens is 2. The summed E-state index contributed by atoms with van der Waals surface area (Å²) < 4.78 is 2.07. The third-order valence-electron chi connectivity index (χ3n) is 4.84. The fourth-order valence-electron chi connectivity index (χ4n) is 3.43. The molecule has 0 saturated carbocycles. The fourth-order valence-corrected chi connectivity index (χ4v) is 4.35. The highest BCUT2D eigenvalue weighted by Gasteiger charge is 2.21. The molecule has 0 bridgehead atoms. The molecule has 0 unspecified atom stereocenters. The lowest BCUT2D eigenvalue weighted by Gasteiger charge is -2.15. The van der Waals surface area contributed by atoms with Gasteiger partial charge in [-0.05, 0) is 42.8 Å². The van der Waals surface area contributed by atoms with E-state index in [9.17, 15) is 9.59 Å². The van der Waals surface area contributed by atoms with Gasteiger partial charge < -0.3 is 9.47 Å². The van der Waals surface area contributed by atoms with Crippen molar-refractivity contribution in [1.29, 1.82) is 0 Å². The van der Waals surface area contributed by atoms with Crippen LogP contribution in [0.15, 0.2) is 66.3 Å². The minimum absolute atomic E-state index is 0.0431. The zero-order valence-corrected chi connectivity index (χ0v) is 16.3. The van der Waals surface area contributed by atoms with Crippen LogP contribution in [-0.4, -0.2) is 33.5 Å². The standard InChI is InChI=1S/C22H21N3O2S/c1-2-13-25-19-7-4-3-6-18(19)23-22(25)28-15-20(26)16-9-11-17(12-10-16)24-14-5-8-21(24)27/h2-4,6-7,9-12H,1,5,8,13-15H2. The Hall–Kier alpha value is -2.86. The van der Waals surface area contributed by atoms with E-state index in [1.54, 1.807) is 17.0 Å². The predicted octanol–water partition coefficient (Wildman–Crippen LogP) is 4.32. The largest absolute Gasteiger partial charge is 0.315 e. The average Bonchev–Trinajstić information content (AvgIpc) is 3.30. The number of anilines is 1. The van der Waals surface area contributed by atoms with Crippen molar-refractivity contribution in [1.82, 2.24) is 9.55 Å². The van der Waals surface area contributed by atoms with E-state index < -0.39 is 0 Å². The molecule has 0 N–H and O–H groups in total. The molecule has 0 aliphatic carbocycles. The smallest absolute Gasteiger partial charge is 0.227 e. The Kier molecular flexibility index (Phi) is 5.30. The zero-order valence-electron chi connectivity index (χ0n) is 15.5.